The van der Waals surface area contributed by atoms with Gasteiger partial charge < -0.3 is 38.8 Å². The van der Waals surface area contributed by atoms with Crippen molar-refractivity contribution in [1.82, 2.24) is 14.8 Å². The van der Waals surface area contributed by atoms with Gasteiger partial charge in [-0.1, -0.05) is 44.2 Å². The lowest BCUT2D eigenvalue weighted by Crippen LogP contribution is -2.80. The molecule has 7 unspecified atom stereocenters. The van der Waals surface area contributed by atoms with E-state index in [-0.39, 0.29) is 31.2 Å². The van der Waals surface area contributed by atoms with Crippen molar-refractivity contribution in [3.8, 4) is 5.75 Å². The molecule has 2 fully saturated rings. The van der Waals surface area contributed by atoms with E-state index >= 15 is 4.79 Å². The van der Waals surface area contributed by atoms with Crippen molar-refractivity contribution >= 4 is 46.7 Å². The van der Waals surface area contributed by atoms with Gasteiger partial charge in [-0.2, -0.15) is 0 Å². The summed E-state index contributed by atoms with van der Waals surface area (Å²) in [5.74, 6) is -4.34. The third-order valence-electron chi connectivity index (χ3n) is 14.2. The largest absolute Gasteiger partial charge is 0.496 e. The molecule has 2 aromatic carbocycles. The van der Waals surface area contributed by atoms with E-state index in [2.05, 4.69) is 9.88 Å². The molecule has 1 spiro atoms. The van der Waals surface area contributed by atoms with E-state index in [0.29, 0.717) is 61.5 Å². The molecule has 14 heteroatoms. The molecule has 0 radical (unpaired) electrons. The SMILES string of the molecule is CCC1=CN(C=O)CCc2c([nH]c3ccccc23)C(C(=O)OC)(c2cc3c(cc2OC)N(C)C2C(O)(OC(C)=O)C(OC(C)=O)C4(CC)C=CCN5CCC32C54)CC(=O)C1. The monoisotopic (exact) mass is 822 g/mol. The van der Waals surface area contributed by atoms with Crippen LogP contribution in [0.5, 0.6) is 5.75 Å². The minimum atomic E-state index is -2.34. The number of aliphatic hydroxyl groups is 1. The number of H-pyrrole nitrogens is 1. The van der Waals surface area contributed by atoms with E-state index < -0.39 is 52.1 Å². The van der Waals surface area contributed by atoms with Crippen LogP contribution >= 0.6 is 0 Å². The summed E-state index contributed by atoms with van der Waals surface area (Å²) in [6.07, 6.45) is 6.72. The molecule has 3 aromatic rings. The number of Topliss-reactive ketones (excluding diaryl/α,β-unsaturated/α-hetero) is 1. The quantitative estimate of drug-likeness (QED) is 0.107. The predicted octanol–water partition coefficient (Wildman–Crippen LogP) is 4.59. The fourth-order valence-corrected chi connectivity index (χ4v) is 12.1. The Morgan fingerprint density at radius 1 is 1.03 bits per heavy atom. The van der Waals surface area contributed by atoms with Crippen molar-refractivity contribution < 1.29 is 48.0 Å². The van der Waals surface area contributed by atoms with Crippen LogP contribution in [0.3, 0.4) is 0 Å². The zero-order chi connectivity index (χ0) is 42.9. The van der Waals surface area contributed by atoms with E-state index in [4.69, 9.17) is 18.9 Å². The Morgan fingerprint density at radius 3 is 2.47 bits per heavy atom. The summed E-state index contributed by atoms with van der Waals surface area (Å²) in [7, 11) is 4.63. The van der Waals surface area contributed by atoms with Gasteiger partial charge in [0, 0.05) is 104 Å². The predicted molar refractivity (Wildman–Crippen MR) is 221 cm³/mol. The second-order valence-corrected chi connectivity index (χ2v) is 17.0. The number of carbonyl (C=O) groups is 5. The van der Waals surface area contributed by atoms with Crippen LogP contribution in [0.15, 0.2) is 60.3 Å². The number of allylic oxidation sites excluding steroid dienone is 1. The number of ketones is 1. The average Bonchev–Trinajstić information content (AvgIpc) is 3.88. The molecule has 14 nitrogen and oxygen atoms in total. The number of methoxy groups -OCH3 is 2. The first-order valence-corrected chi connectivity index (χ1v) is 20.8. The third kappa shape index (κ3) is 5.69. The number of amides is 1. The molecule has 4 aliphatic heterocycles. The maximum Gasteiger partial charge on any atom is 0.322 e. The summed E-state index contributed by atoms with van der Waals surface area (Å²) in [4.78, 5) is 77.7. The zero-order valence-corrected chi connectivity index (χ0v) is 35.3. The Labute approximate surface area is 349 Å². The molecule has 5 heterocycles. The number of nitrogens with one attached hydrogen (secondary N) is 1. The van der Waals surface area contributed by atoms with Gasteiger partial charge in [-0.15, -0.1) is 0 Å². The van der Waals surface area contributed by atoms with E-state index in [9.17, 15) is 24.3 Å². The number of esters is 3. The maximum atomic E-state index is 15.2. The molecule has 60 heavy (non-hydrogen) atoms. The van der Waals surface area contributed by atoms with Crippen LogP contribution in [0.4, 0.5) is 5.69 Å². The number of hydrogen-bond acceptors (Lipinski definition) is 12. The average molecular weight is 823 g/mol. The van der Waals surface area contributed by atoms with Crippen LogP contribution in [0.25, 0.3) is 10.9 Å². The molecule has 8 rings (SSSR count). The number of hydrogen-bond donors (Lipinski definition) is 2. The van der Waals surface area contributed by atoms with E-state index in [1.165, 1.54) is 28.1 Å². The fraction of sp³-hybridized carbons (Fsp3) is 0.500. The van der Waals surface area contributed by atoms with Crippen LogP contribution in [0.1, 0.15) is 82.2 Å². The van der Waals surface area contributed by atoms with Crippen molar-refractivity contribution in [3.05, 3.63) is 82.7 Å². The van der Waals surface area contributed by atoms with E-state index in [1.807, 2.05) is 74.3 Å². The lowest BCUT2D eigenvalue weighted by molar-refractivity contribution is -0.309. The summed E-state index contributed by atoms with van der Waals surface area (Å²) < 4.78 is 24.2. The lowest BCUT2D eigenvalue weighted by atomic mass is 9.50. The summed E-state index contributed by atoms with van der Waals surface area (Å²) in [6, 6.07) is 10.1. The number of fused-ring (bicyclic) bond motifs is 4. The molecule has 318 valence electrons. The minimum Gasteiger partial charge on any atom is -0.496 e. The first kappa shape index (κ1) is 41.3. The second-order valence-electron chi connectivity index (χ2n) is 17.0. The molecule has 1 aliphatic carbocycles. The van der Waals surface area contributed by atoms with Gasteiger partial charge in [0.25, 0.3) is 5.79 Å². The third-order valence-corrected chi connectivity index (χ3v) is 14.2. The highest BCUT2D eigenvalue weighted by Crippen LogP contribution is 2.68. The molecule has 1 saturated heterocycles. The van der Waals surface area contributed by atoms with E-state index in [1.54, 1.807) is 11.1 Å². The number of ether oxygens (including phenoxy) is 4. The molecule has 2 N–H and O–H groups in total. The van der Waals surface area contributed by atoms with Crippen LogP contribution in [0, 0.1) is 5.41 Å². The standard InChI is InChI=1S/C46H54N4O10/c1-8-29-21-30(54)24-45(42(55)58-7,38-32(15-19-49(25-29)26-51)31-13-10-11-14-35(31)47-38)34-22-33-36(23-37(34)57-6)48(5)40-44(33)17-20-50-18-12-16-43(9-2,39(44)50)41(59-27(3)52)46(40,56)60-28(4)53/h10-14,16,22-23,25-26,39-41,47,56H,8-9,15,17-21,24H2,1-7H3. The van der Waals surface area contributed by atoms with Gasteiger partial charge in [0.05, 0.1) is 14.2 Å². The van der Waals surface area contributed by atoms with Crippen molar-refractivity contribution in [2.45, 2.75) is 101 Å². The van der Waals surface area contributed by atoms with Crippen LogP contribution in [-0.2, 0) is 55.4 Å². The molecule has 1 saturated carbocycles. The number of aromatic nitrogens is 1. The Kier molecular flexibility index (Phi) is 10.3. The molecule has 1 aromatic heterocycles. The van der Waals surface area contributed by atoms with Crippen LogP contribution < -0.4 is 9.64 Å². The highest BCUT2D eigenvalue weighted by molar-refractivity contribution is 5.99. The number of rotatable bonds is 8. The van der Waals surface area contributed by atoms with Gasteiger partial charge in [0.1, 0.15) is 23.0 Å². The van der Waals surface area contributed by atoms with Crippen molar-refractivity contribution in [2.75, 3.05) is 45.8 Å². The fourth-order valence-electron chi connectivity index (χ4n) is 12.1. The summed E-state index contributed by atoms with van der Waals surface area (Å²) in [6.45, 7) is 7.91. The zero-order valence-electron chi connectivity index (χ0n) is 35.3. The maximum absolute atomic E-state index is 15.2. The van der Waals surface area contributed by atoms with E-state index in [0.717, 1.165) is 34.0 Å². The van der Waals surface area contributed by atoms with Crippen molar-refractivity contribution in [3.63, 3.8) is 0 Å². The Balaban J connectivity index is 1.47. The molecule has 7 atom stereocenters. The number of carbonyl (C=O) groups excluding carboxylic acids is 5. The molecule has 0 bridgehead atoms. The Morgan fingerprint density at radius 2 is 1.80 bits per heavy atom. The van der Waals surface area contributed by atoms with Gasteiger partial charge in [0.15, 0.2) is 6.10 Å². The number of anilines is 1. The van der Waals surface area contributed by atoms with Crippen LogP contribution in [0.2, 0.25) is 0 Å². The number of nitrogens with zero attached hydrogens (tertiary/aromatic N) is 3. The van der Waals surface area contributed by atoms with Gasteiger partial charge >= 0.3 is 17.9 Å². The Hall–Kier alpha value is -5.47. The summed E-state index contributed by atoms with van der Waals surface area (Å²) >= 11 is 0. The lowest BCUT2D eigenvalue weighted by Gasteiger charge is -2.63. The van der Waals surface area contributed by atoms with Gasteiger partial charge in [-0.25, -0.2) is 0 Å². The van der Waals surface area contributed by atoms with Crippen molar-refractivity contribution in [2.24, 2.45) is 5.41 Å². The Bertz CT molecular complexity index is 2350. The second kappa shape index (κ2) is 14.9. The number of para-hydroxylation sites is 1. The molecular formula is C46H54N4O10. The highest BCUT2D eigenvalue weighted by Gasteiger charge is 2.79. The van der Waals surface area contributed by atoms with Crippen molar-refractivity contribution in [1.29, 1.82) is 0 Å². The topological polar surface area (TPSA) is 168 Å². The van der Waals surface area contributed by atoms with Gasteiger partial charge in [-0.05, 0) is 61.1 Å². The number of benzene rings is 2. The van der Waals surface area contributed by atoms with Gasteiger partial charge in [-0.3, -0.25) is 28.9 Å². The summed E-state index contributed by atoms with van der Waals surface area (Å²) in [5.41, 5.74) is 0.711. The number of likely N-dealkylation sites (N-methyl/N-ethyl adjacent to an activating group) is 1. The molecule has 1 amide bonds. The first-order chi connectivity index (χ1) is 28.7. The van der Waals surface area contributed by atoms with Gasteiger partial charge in [0.2, 0.25) is 6.41 Å². The molecule has 5 aliphatic rings. The minimum absolute atomic E-state index is 0.00745. The summed E-state index contributed by atoms with van der Waals surface area (Å²) in [5, 5.41) is 14.1. The van der Waals surface area contributed by atoms with Crippen LogP contribution in [-0.4, -0.2) is 115 Å². The number of aromatic amines is 1. The first-order valence-electron chi connectivity index (χ1n) is 20.8. The smallest absolute Gasteiger partial charge is 0.322 e. The molecular weight excluding hydrogens is 769 g/mol. The normalized spacial score (nSPS) is 31.0. The highest BCUT2D eigenvalue weighted by atomic mass is 16.7.